The highest BCUT2D eigenvalue weighted by atomic mass is 16.7. The van der Waals surface area contributed by atoms with Gasteiger partial charge in [-0.05, 0) is 155 Å². The van der Waals surface area contributed by atoms with Crippen LogP contribution in [0.25, 0.3) is 0 Å². The third-order valence-electron chi connectivity index (χ3n) is 13.3. The maximum absolute atomic E-state index is 14.3. The number of carbonyl (C=O) groups is 6. The fourth-order valence-electron chi connectivity index (χ4n) is 10.1. The quantitative estimate of drug-likeness (QED) is 0.120. The summed E-state index contributed by atoms with van der Waals surface area (Å²) in [4.78, 5) is 82.7. The monoisotopic (exact) mass is 1110 g/mol. The van der Waals surface area contributed by atoms with Gasteiger partial charge >= 0.3 is 30.5 Å². The van der Waals surface area contributed by atoms with Crippen molar-refractivity contribution in [1.29, 1.82) is 0 Å². The van der Waals surface area contributed by atoms with E-state index in [0.717, 1.165) is 9.80 Å². The van der Waals surface area contributed by atoms with Gasteiger partial charge in [-0.15, -0.1) is 0 Å². The Bertz CT molecular complexity index is 2170. The van der Waals surface area contributed by atoms with Crippen LogP contribution in [0.2, 0.25) is 0 Å². The van der Waals surface area contributed by atoms with Gasteiger partial charge in [-0.2, -0.15) is 0 Å². The van der Waals surface area contributed by atoms with Crippen molar-refractivity contribution in [2.24, 2.45) is 11.8 Å². The molecule has 3 aliphatic heterocycles. The van der Waals surface area contributed by atoms with Crippen LogP contribution in [0.15, 0.2) is 11.8 Å². The van der Waals surface area contributed by atoms with Crippen LogP contribution >= 0.6 is 0 Å². The van der Waals surface area contributed by atoms with Crippen molar-refractivity contribution in [3.8, 4) is 0 Å². The molecule has 3 heterocycles. The molecule has 4 fully saturated rings. The number of amides is 6. The van der Waals surface area contributed by atoms with Gasteiger partial charge in [0.2, 0.25) is 0 Å². The molecule has 2 saturated carbocycles. The summed E-state index contributed by atoms with van der Waals surface area (Å²) in [5.41, 5.74) is -8.44. The number of ether oxygens (including phenoxy) is 8. The van der Waals surface area contributed by atoms with Crippen LogP contribution < -0.4 is 26.6 Å². The smallest absolute Gasteiger partial charge is 0.410 e. The van der Waals surface area contributed by atoms with Gasteiger partial charge in [0.15, 0.2) is 11.9 Å². The van der Waals surface area contributed by atoms with Gasteiger partial charge in [-0.1, -0.05) is 0 Å². The lowest BCUT2D eigenvalue weighted by Crippen LogP contribution is -2.74. The molecule has 1 unspecified atom stereocenters. The molecular formula is C53H91N7O18. The Kier molecular flexibility index (Phi) is 19.7. The fraction of sp³-hybridized carbons (Fsp3) is 0.849. The van der Waals surface area contributed by atoms with Crippen LogP contribution in [0.5, 0.6) is 0 Å². The standard InChI is InChI=1S/C53H91N7O18/c1-47(2,3)74-42(64)55-29-20-28(21-29)23-54-24-30-18-19-31(57-43(65)75-48(4,5)6)37(72-30)34-32(58-44(66)76-49(7,8)9)22-33(56-41(63)53(70)25-60(26-53)46(68)78-51(13,14)15)38(35(34)61)73-40-36(62)39(52(16,69)27-71-40)59(17)45(67)77-50(10,11)12/h18,28-29,31-40,54,61-62,69-70H,19-27H2,1-17H3,(H,55,64)(H,56,63)(H,57,65)(H,58,66)/t28?,29?,31-,32+,33-,34-,35+,36-,37?,38+,39-,40-,52+/m1/s1. The van der Waals surface area contributed by atoms with Crippen LogP contribution in [-0.2, 0) is 42.7 Å². The Morgan fingerprint density at radius 1 is 0.692 bits per heavy atom. The molecule has 6 amide bonds. The van der Waals surface area contributed by atoms with Crippen LogP contribution in [-0.4, -0.2) is 207 Å². The normalized spacial score (nSPS) is 31.3. The average molecular weight is 1110 g/mol. The number of likely N-dealkylation sites (tertiary alicyclic amines) is 1. The van der Waals surface area contributed by atoms with E-state index in [1.165, 1.54) is 14.0 Å². The van der Waals surface area contributed by atoms with Crippen LogP contribution in [0.3, 0.4) is 0 Å². The van der Waals surface area contributed by atoms with E-state index >= 15 is 0 Å². The lowest BCUT2D eigenvalue weighted by atomic mass is 9.72. The minimum atomic E-state index is -2.16. The summed E-state index contributed by atoms with van der Waals surface area (Å²) in [6.45, 7) is 26.0. The summed E-state index contributed by atoms with van der Waals surface area (Å²) in [5.74, 6) is -1.61. The van der Waals surface area contributed by atoms with Gasteiger partial charge in [0, 0.05) is 25.0 Å². The van der Waals surface area contributed by atoms with E-state index in [9.17, 15) is 49.2 Å². The zero-order chi connectivity index (χ0) is 58.9. The predicted octanol–water partition coefficient (Wildman–Crippen LogP) is 3.28. The minimum absolute atomic E-state index is 0.0551. The second kappa shape index (κ2) is 24.0. The molecule has 25 nitrogen and oxygen atoms in total. The Balaban J connectivity index is 1.51. The number of β-amino-alcohol motifs (C(OH)–C–C–N with tert-alkyl or cyclic N) is 1. The lowest BCUT2D eigenvalue weighted by Gasteiger charge is -2.52. The number of hydrogen-bond donors (Lipinski definition) is 9. The average Bonchev–Trinajstić information content (AvgIpc) is 3.20. The SMILES string of the molecule is CN(C(=O)OC(C)(C)C)[C@@H]1[C@@H](O)[C@@H](O[C@@H]2[C@@H](O)[C@H](C3OC(CNCC4CC(NC(=O)OC(C)(C)C)C4)=CC[C@H]3NC(=O)OC(C)(C)C)[C@@H](NC(=O)OC(C)(C)C)C[C@H]2NC(=O)C2(O)CN(C(=O)OC(C)(C)C)C2)OC[C@]1(C)O. The van der Waals surface area contributed by atoms with Crippen LogP contribution in [0.4, 0.5) is 24.0 Å². The number of aliphatic hydroxyl groups is 4. The molecular weight excluding hydrogens is 1020 g/mol. The van der Waals surface area contributed by atoms with E-state index in [1.807, 2.05) is 0 Å². The molecule has 0 aromatic rings. The molecule has 0 radical (unpaired) electrons. The highest BCUT2D eigenvalue weighted by molar-refractivity contribution is 5.89. The lowest BCUT2D eigenvalue weighted by molar-refractivity contribution is -0.306. The molecule has 0 bridgehead atoms. The third kappa shape index (κ3) is 18.0. The molecule has 5 aliphatic rings. The van der Waals surface area contributed by atoms with E-state index in [-0.39, 0.29) is 31.3 Å². The molecule has 446 valence electrons. The van der Waals surface area contributed by atoms with Gasteiger partial charge in [0.05, 0.1) is 50.5 Å². The van der Waals surface area contributed by atoms with Gasteiger partial charge in [0.25, 0.3) is 5.91 Å². The molecule has 0 spiro atoms. The van der Waals surface area contributed by atoms with Crippen molar-refractivity contribution in [1.82, 2.24) is 36.4 Å². The molecule has 5 rings (SSSR count). The summed E-state index contributed by atoms with van der Waals surface area (Å²) < 4.78 is 47.1. The first-order valence-electron chi connectivity index (χ1n) is 26.9. The maximum Gasteiger partial charge on any atom is 0.410 e. The fourth-order valence-corrected chi connectivity index (χ4v) is 10.1. The number of nitrogens with one attached hydrogen (secondary N) is 5. The van der Waals surface area contributed by atoms with Crippen LogP contribution in [0, 0.1) is 11.8 Å². The number of hydrogen-bond acceptors (Lipinski definition) is 19. The summed E-state index contributed by atoms with van der Waals surface area (Å²) in [6.07, 6.45) is -9.00. The Hall–Kier alpha value is -4.92. The zero-order valence-corrected chi connectivity index (χ0v) is 48.8. The molecule has 11 atom stereocenters. The Morgan fingerprint density at radius 3 is 1.73 bits per heavy atom. The first-order chi connectivity index (χ1) is 35.5. The number of aliphatic hydroxyl groups excluding tert-OH is 2. The molecule has 78 heavy (non-hydrogen) atoms. The number of carbonyl (C=O) groups excluding carboxylic acids is 6. The van der Waals surface area contributed by atoms with Crippen LogP contribution in [0.1, 0.15) is 136 Å². The number of likely N-dealkylation sites (N-methyl/N-ethyl adjacent to an activating group) is 1. The van der Waals surface area contributed by atoms with Crippen molar-refractivity contribution in [2.45, 2.75) is 237 Å². The van der Waals surface area contributed by atoms with Crippen molar-refractivity contribution < 1.29 is 87.1 Å². The molecule has 2 saturated heterocycles. The van der Waals surface area contributed by atoms with E-state index in [4.69, 9.17) is 37.9 Å². The summed E-state index contributed by atoms with van der Waals surface area (Å²) in [7, 11) is 1.32. The summed E-state index contributed by atoms with van der Waals surface area (Å²) >= 11 is 0. The van der Waals surface area contributed by atoms with E-state index in [1.54, 1.807) is 110 Å². The minimum Gasteiger partial charge on any atom is -0.491 e. The van der Waals surface area contributed by atoms with Gasteiger partial charge in [-0.3, -0.25) is 4.79 Å². The van der Waals surface area contributed by atoms with Crippen molar-refractivity contribution in [3.05, 3.63) is 11.8 Å². The topological polar surface area (TPSA) is 324 Å². The maximum atomic E-state index is 14.3. The van der Waals surface area contributed by atoms with Crippen molar-refractivity contribution >= 4 is 36.4 Å². The molecule has 9 N–H and O–H groups in total. The van der Waals surface area contributed by atoms with Gasteiger partial charge in [-0.25, -0.2) is 24.0 Å². The van der Waals surface area contributed by atoms with Crippen molar-refractivity contribution in [3.63, 3.8) is 0 Å². The second-order valence-corrected chi connectivity index (χ2v) is 26.7. The number of alkyl carbamates (subject to hydrolysis) is 3. The zero-order valence-electron chi connectivity index (χ0n) is 48.8. The first-order valence-corrected chi connectivity index (χ1v) is 26.9. The molecule has 25 heteroatoms. The highest BCUT2D eigenvalue weighted by Crippen LogP contribution is 2.40. The second-order valence-electron chi connectivity index (χ2n) is 26.7. The first kappa shape index (κ1) is 63.9. The number of rotatable bonds is 13. The van der Waals surface area contributed by atoms with E-state index in [0.29, 0.717) is 25.1 Å². The van der Waals surface area contributed by atoms with Crippen molar-refractivity contribution in [2.75, 3.05) is 39.8 Å². The predicted molar refractivity (Wildman–Crippen MR) is 280 cm³/mol. The third-order valence-corrected chi connectivity index (χ3v) is 13.3. The molecule has 0 aromatic carbocycles. The van der Waals surface area contributed by atoms with Gasteiger partial charge < -0.3 is 94.7 Å². The number of nitrogens with zero attached hydrogens (tertiary/aromatic N) is 2. The van der Waals surface area contributed by atoms with E-state index in [2.05, 4.69) is 26.6 Å². The van der Waals surface area contributed by atoms with E-state index < -0.39 is 156 Å². The Labute approximate surface area is 458 Å². The Morgan fingerprint density at radius 2 is 1.21 bits per heavy atom. The summed E-state index contributed by atoms with van der Waals surface area (Å²) in [6, 6.07) is -4.96. The largest absolute Gasteiger partial charge is 0.491 e. The summed E-state index contributed by atoms with van der Waals surface area (Å²) in [5, 5.41) is 63.3. The van der Waals surface area contributed by atoms with Gasteiger partial charge in [0.1, 0.15) is 57.7 Å². The molecule has 0 aromatic heterocycles. The molecule has 2 aliphatic carbocycles. The highest BCUT2D eigenvalue weighted by Gasteiger charge is 2.58.